The van der Waals surface area contributed by atoms with Crippen LogP contribution in [0.15, 0.2) is 77.9 Å². The second-order valence-electron chi connectivity index (χ2n) is 9.97. The van der Waals surface area contributed by atoms with Gasteiger partial charge in [-0.05, 0) is 65.1 Å². The van der Waals surface area contributed by atoms with Gasteiger partial charge in [0.25, 0.3) is 0 Å². The summed E-state index contributed by atoms with van der Waals surface area (Å²) in [7, 11) is 0. The van der Waals surface area contributed by atoms with E-state index in [-0.39, 0.29) is 23.2 Å². The highest BCUT2D eigenvalue weighted by molar-refractivity contribution is 5.86. The molecule has 0 spiro atoms. The van der Waals surface area contributed by atoms with Crippen molar-refractivity contribution in [3.05, 3.63) is 95.1 Å². The summed E-state index contributed by atoms with van der Waals surface area (Å²) in [4.78, 5) is 12.6. The number of rotatable bonds is 9. The summed E-state index contributed by atoms with van der Waals surface area (Å²) in [6.07, 6.45) is 2.50. The lowest BCUT2D eigenvalue weighted by Gasteiger charge is -2.19. The van der Waals surface area contributed by atoms with Crippen LogP contribution in [-0.2, 0) is 16.8 Å². The molecule has 35 heavy (non-hydrogen) atoms. The average Bonchev–Trinajstić information content (AvgIpc) is 3.65. The van der Waals surface area contributed by atoms with Crippen LogP contribution in [0.1, 0.15) is 62.3 Å². The van der Waals surface area contributed by atoms with Gasteiger partial charge in [0, 0.05) is 5.92 Å². The van der Waals surface area contributed by atoms with Gasteiger partial charge in [-0.3, -0.25) is 4.79 Å². The number of amides is 1. The Morgan fingerprint density at radius 2 is 1.74 bits per heavy atom. The highest BCUT2D eigenvalue weighted by atomic mass is 16.5. The smallest absolute Gasteiger partial charge is 0.243 e. The van der Waals surface area contributed by atoms with Crippen LogP contribution < -0.4 is 14.9 Å². The van der Waals surface area contributed by atoms with Crippen LogP contribution in [0.5, 0.6) is 11.5 Å². The second-order valence-corrected chi connectivity index (χ2v) is 9.97. The maximum atomic E-state index is 12.6. The fraction of sp³-hybridized carbons (Fsp3) is 0.333. The number of ether oxygens (including phenoxy) is 2. The van der Waals surface area contributed by atoms with Crippen molar-refractivity contribution in [2.24, 2.45) is 11.0 Å². The highest BCUT2D eigenvalue weighted by Gasteiger charge is 2.44. The minimum atomic E-state index is -0.0426. The van der Waals surface area contributed by atoms with Crippen LogP contribution >= 0.6 is 0 Å². The molecular formula is C30H34N2O3. The summed E-state index contributed by atoms with van der Waals surface area (Å²) in [5.74, 6) is 1.53. The second kappa shape index (κ2) is 10.8. The SMILES string of the molecule is CCOc1cc(C=NNC(=O)C2CC2c2ccc(C(C)(C)C)cc2)ccc1OCc1ccccc1. The summed E-state index contributed by atoms with van der Waals surface area (Å²) in [5, 5.41) is 4.18. The van der Waals surface area contributed by atoms with E-state index in [0.717, 1.165) is 17.5 Å². The minimum Gasteiger partial charge on any atom is -0.490 e. The Bertz CT molecular complexity index is 1160. The Morgan fingerprint density at radius 3 is 2.43 bits per heavy atom. The van der Waals surface area contributed by atoms with Gasteiger partial charge in [-0.1, -0.05) is 75.4 Å². The Balaban J connectivity index is 1.32. The lowest BCUT2D eigenvalue weighted by Crippen LogP contribution is -2.20. The van der Waals surface area contributed by atoms with Crippen LogP contribution in [-0.4, -0.2) is 18.7 Å². The number of benzene rings is 3. The molecule has 0 saturated heterocycles. The summed E-state index contributed by atoms with van der Waals surface area (Å²) in [6.45, 7) is 9.54. The summed E-state index contributed by atoms with van der Waals surface area (Å²) < 4.78 is 11.7. The summed E-state index contributed by atoms with van der Waals surface area (Å²) in [5.41, 5.74) is 7.26. The standard InChI is InChI=1S/C30H34N2O3/c1-5-34-28-17-22(11-16-27(28)35-20-21-9-7-6-8-10-21)19-31-32-29(33)26-18-25(26)23-12-14-24(15-13-23)30(2,3)4/h6-17,19,25-26H,5,18,20H2,1-4H3,(H,32,33). The van der Waals surface area contributed by atoms with Crippen LogP contribution in [0.4, 0.5) is 0 Å². The fourth-order valence-corrected chi connectivity index (χ4v) is 4.06. The zero-order valence-electron chi connectivity index (χ0n) is 21.0. The van der Waals surface area contributed by atoms with Crippen molar-refractivity contribution in [3.8, 4) is 11.5 Å². The molecule has 4 rings (SSSR count). The van der Waals surface area contributed by atoms with E-state index in [9.17, 15) is 4.79 Å². The molecule has 5 heteroatoms. The molecule has 1 amide bonds. The molecule has 5 nitrogen and oxygen atoms in total. The molecule has 2 atom stereocenters. The van der Waals surface area contributed by atoms with Crippen molar-refractivity contribution >= 4 is 12.1 Å². The summed E-state index contributed by atoms with van der Waals surface area (Å²) >= 11 is 0. The monoisotopic (exact) mass is 470 g/mol. The minimum absolute atomic E-state index is 0.0274. The molecule has 1 aliphatic rings. The molecule has 0 aromatic heterocycles. The van der Waals surface area contributed by atoms with E-state index < -0.39 is 0 Å². The number of nitrogens with zero attached hydrogens (tertiary/aromatic N) is 1. The zero-order chi connectivity index (χ0) is 24.8. The molecule has 182 valence electrons. The van der Waals surface area contributed by atoms with Crippen molar-refractivity contribution in [2.45, 2.75) is 52.1 Å². The van der Waals surface area contributed by atoms with Crippen LogP contribution in [0.2, 0.25) is 0 Å². The van der Waals surface area contributed by atoms with Crippen molar-refractivity contribution in [1.82, 2.24) is 5.43 Å². The Morgan fingerprint density at radius 1 is 1.00 bits per heavy atom. The molecule has 3 aromatic carbocycles. The number of hydrogen-bond donors (Lipinski definition) is 1. The van der Waals surface area contributed by atoms with Gasteiger partial charge in [-0.2, -0.15) is 5.10 Å². The van der Waals surface area contributed by atoms with E-state index in [4.69, 9.17) is 9.47 Å². The van der Waals surface area contributed by atoms with E-state index >= 15 is 0 Å². The molecule has 1 aliphatic carbocycles. The molecule has 1 fully saturated rings. The van der Waals surface area contributed by atoms with Gasteiger partial charge in [0.15, 0.2) is 11.5 Å². The maximum absolute atomic E-state index is 12.6. The Hall–Kier alpha value is -3.60. The number of hydrogen-bond acceptors (Lipinski definition) is 4. The third kappa shape index (κ3) is 6.50. The maximum Gasteiger partial charge on any atom is 0.243 e. The summed E-state index contributed by atoms with van der Waals surface area (Å²) in [6, 6.07) is 24.3. The van der Waals surface area contributed by atoms with Gasteiger partial charge < -0.3 is 9.47 Å². The molecule has 1 N–H and O–H groups in total. The lowest BCUT2D eigenvalue weighted by atomic mass is 9.86. The van der Waals surface area contributed by atoms with Gasteiger partial charge >= 0.3 is 0 Å². The van der Waals surface area contributed by atoms with E-state index in [1.165, 1.54) is 11.1 Å². The van der Waals surface area contributed by atoms with Crippen molar-refractivity contribution < 1.29 is 14.3 Å². The van der Waals surface area contributed by atoms with Gasteiger partial charge in [0.05, 0.1) is 12.8 Å². The topological polar surface area (TPSA) is 59.9 Å². The molecule has 3 aromatic rings. The highest BCUT2D eigenvalue weighted by Crippen LogP contribution is 2.47. The van der Waals surface area contributed by atoms with E-state index in [1.807, 2.05) is 55.5 Å². The van der Waals surface area contributed by atoms with Gasteiger partial charge in [0.1, 0.15) is 6.61 Å². The first-order valence-electron chi connectivity index (χ1n) is 12.2. The fourth-order valence-electron chi connectivity index (χ4n) is 4.06. The molecule has 1 saturated carbocycles. The molecule has 2 unspecified atom stereocenters. The first-order chi connectivity index (χ1) is 16.8. The third-order valence-electron chi connectivity index (χ3n) is 6.23. The van der Waals surface area contributed by atoms with Gasteiger partial charge in [0.2, 0.25) is 5.91 Å². The quantitative estimate of drug-likeness (QED) is 0.298. The van der Waals surface area contributed by atoms with Crippen molar-refractivity contribution in [3.63, 3.8) is 0 Å². The molecular weight excluding hydrogens is 436 g/mol. The van der Waals surface area contributed by atoms with E-state index in [0.29, 0.717) is 24.7 Å². The van der Waals surface area contributed by atoms with Gasteiger partial charge in [-0.15, -0.1) is 0 Å². The average molecular weight is 471 g/mol. The van der Waals surface area contributed by atoms with Gasteiger partial charge in [-0.25, -0.2) is 5.43 Å². The van der Waals surface area contributed by atoms with Crippen molar-refractivity contribution in [2.75, 3.05) is 6.61 Å². The lowest BCUT2D eigenvalue weighted by molar-refractivity contribution is -0.122. The number of nitrogens with one attached hydrogen (secondary N) is 1. The molecule has 0 aliphatic heterocycles. The van der Waals surface area contributed by atoms with E-state index in [1.54, 1.807) is 6.21 Å². The predicted octanol–water partition coefficient (Wildman–Crippen LogP) is 6.22. The van der Waals surface area contributed by atoms with Crippen LogP contribution in [0, 0.1) is 5.92 Å². The first-order valence-corrected chi connectivity index (χ1v) is 12.2. The Labute approximate surface area is 208 Å². The molecule has 0 bridgehead atoms. The first kappa shape index (κ1) is 24.5. The molecule has 0 radical (unpaired) electrons. The van der Waals surface area contributed by atoms with Crippen molar-refractivity contribution in [1.29, 1.82) is 0 Å². The zero-order valence-corrected chi connectivity index (χ0v) is 21.0. The largest absolute Gasteiger partial charge is 0.490 e. The Kier molecular flexibility index (Phi) is 7.54. The predicted molar refractivity (Wildman–Crippen MR) is 140 cm³/mol. The van der Waals surface area contributed by atoms with E-state index in [2.05, 4.69) is 55.6 Å². The number of hydrazone groups is 1. The normalized spacial score (nSPS) is 17.3. The molecule has 0 heterocycles. The number of carbonyl (C=O) groups is 1. The van der Waals surface area contributed by atoms with Crippen LogP contribution in [0.25, 0.3) is 0 Å². The number of carbonyl (C=O) groups excluding carboxylic acids is 1. The third-order valence-corrected chi connectivity index (χ3v) is 6.23. The van der Waals surface area contributed by atoms with Crippen LogP contribution in [0.3, 0.4) is 0 Å².